The smallest absolute Gasteiger partial charge is 0.259 e. The predicted octanol–water partition coefficient (Wildman–Crippen LogP) is 2.14. The number of benzene rings is 1. The fraction of sp³-hybridized carbons (Fsp3) is 0.556. The molecule has 1 amide bonds. The Kier molecular flexibility index (Phi) is 9.34. The van der Waals surface area contributed by atoms with Crippen molar-refractivity contribution in [1.29, 1.82) is 0 Å². The van der Waals surface area contributed by atoms with Crippen LogP contribution in [-0.4, -0.2) is 44.0 Å². The molecule has 0 spiro atoms. The minimum atomic E-state index is -0.0741. The summed E-state index contributed by atoms with van der Waals surface area (Å²) in [4.78, 5) is 17.4. The highest BCUT2D eigenvalue weighted by Crippen LogP contribution is 2.14. The van der Waals surface area contributed by atoms with E-state index in [-0.39, 0.29) is 12.5 Å². The van der Waals surface area contributed by atoms with Gasteiger partial charge in [0.15, 0.2) is 12.6 Å². The van der Waals surface area contributed by atoms with Crippen LogP contribution in [0, 0.1) is 0 Å². The van der Waals surface area contributed by atoms with Crippen LogP contribution in [0.1, 0.15) is 38.2 Å². The second kappa shape index (κ2) is 11.3. The highest BCUT2D eigenvalue weighted by Gasteiger charge is 2.05. The zero-order valence-corrected chi connectivity index (χ0v) is 15.0. The van der Waals surface area contributed by atoms with Crippen LogP contribution in [0.2, 0.25) is 0 Å². The monoisotopic (exact) mass is 334 g/mol. The molecule has 0 aliphatic heterocycles. The number of aliphatic imine (C=N–C) groups is 1. The van der Waals surface area contributed by atoms with Gasteiger partial charge in [0.1, 0.15) is 5.75 Å². The van der Waals surface area contributed by atoms with Gasteiger partial charge >= 0.3 is 0 Å². The van der Waals surface area contributed by atoms with Crippen molar-refractivity contribution in [3.63, 3.8) is 0 Å². The minimum Gasteiger partial charge on any atom is -0.484 e. The number of carbonyl (C=O) groups is 1. The summed E-state index contributed by atoms with van der Waals surface area (Å²) in [6, 6.07) is 7.54. The summed E-state index contributed by atoms with van der Waals surface area (Å²) in [5, 5.41) is 3.13. The van der Waals surface area contributed by atoms with Gasteiger partial charge in [-0.2, -0.15) is 0 Å². The van der Waals surface area contributed by atoms with Crippen molar-refractivity contribution in [3.8, 4) is 5.75 Å². The topological polar surface area (TPSA) is 80.0 Å². The summed E-state index contributed by atoms with van der Waals surface area (Å²) in [5.74, 6) is 1.04. The number of ether oxygens (including phenoxy) is 1. The van der Waals surface area contributed by atoms with Gasteiger partial charge in [0, 0.05) is 20.6 Å². The first-order valence-electron chi connectivity index (χ1n) is 8.48. The largest absolute Gasteiger partial charge is 0.484 e. The number of nitrogens with zero attached hydrogens (tertiary/aromatic N) is 2. The van der Waals surface area contributed by atoms with Crippen LogP contribution in [-0.2, 0) is 11.3 Å². The summed E-state index contributed by atoms with van der Waals surface area (Å²) in [7, 11) is 3.41. The van der Waals surface area contributed by atoms with Gasteiger partial charge < -0.3 is 20.7 Å². The van der Waals surface area contributed by atoms with Crippen molar-refractivity contribution in [2.24, 2.45) is 10.7 Å². The van der Waals surface area contributed by atoms with Crippen LogP contribution >= 0.6 is 0 Å². The van der Waals surface area contributed by atoms with Gasteiger partial charge in [-0.15, -0.1) is 0 Å². The van der Waals surface area contributed by atoms with E-state index in [1.807, 2.05) is 24.3 Å². The van der Waals surface area contributed by atoms with Gasteiger partial charge in [-0.1, -0.05) is 38.3 Å². The summed E-state index contributed by atoms with van der Waals surface area (Å²) in [6.45, 7) is 3.55. The van der Waals surface area contributed by atoms with Gasteiger partial charge in [-0.25, -0.2) is 4.99 Å². The summed E-state index contributed by atoms with van der Waals surface area (Å²) in [6.07, 6.45) is 4.79. The SMILES string of the molecule is CCCCCCNC(N)=NCc1cccc(OCC(=O)N(C)C)c1. The molecule has 6 heteroatoms. The first kappa shape index (κ1) is 19.8. The quantitative estimate of drug-likeness (QED) is 0.390. The molecular weight excluding hydrogens is 304 g/mol. The molecule has 6 nitrogen and oxygen atoms in total. The van der Waals surface area contributed by atoms with Gasteiger partial charge in [-0.3, -0.25) is 4.79 Å². The maximum atomic E-state index is 11.5. The highest BCUT2D eigenvalue weighted by atomic mass is 16.5. The summed E-state index contributed by atoms with van der Waals surface area (Å²) < 4.78 is 5.49. The second-order valence-corrected chi connectivity index (χ2v) is 5.91. The molecular formula is C18H30N4O2. The van der Waals surface area contributed by atoms with E-state index in [0.717, 1.165) is 18.5 Å². The molecule has 0 fully saturated rings. The van der Waals surface area contributed by atoms with Crippen LogP contribution in [0.3, 0.4) is 0 Å². The van der Waals surface area contributed by atoms with E-state index in [0.29, 0.717) is 18.3 Å². The molecule has 134 valence electrons. The van der Waals surface area contributed by atoms with Gasteiger partial charge in [0.2, 0.25) is 0 Å². The first-order chi connectivity index (χ1) is 11.5. The van der Waals surface area contributed by atoms with Crippen molar-refractivity contribution in [2.75, 3.05) is 27.2 Å². The number of nitrogens with one attached hydrogen (secondary N) is 1. The Morgan fingerprint density at radius 1 is 1.29 bits per heavy atom. The van der Waals surface area contributed by atoms with E-state index in [1.165, 1.54) is 24.2 Å². The first-order valence-corrected chi connectivity index (χ1v) is 8.48. The lowest BCUT2D eigenvalue weighted by Crippen LogP contribution is -2.32. The van der Waals surface area contributed by atoms with E-state index < -0.39 is 0 Å². The summed E-state index contributed by atoms with van der Waals surface area (Å²) >= 11 is 0. The standard InChI is InChI=1S/C18H30N4O2/c1-4-5-6-7-11-20-18(19)21-13-15-9-8-10-16(12-15)24-14-17(23)22(2)3/h8-10,12H,4-7,11,13-14H2,1-3H3,(H3,19,20,21). The number of rotatable bonds is 10. The Balaban J connectivity index is 2.40. The molecule has 1 aromatic rings. The molecule has 0 radical (unpaired) electrons. The molecule has 0 heterocycles. The molecule has 0 atom stereocenters. The zero-order valence-electron chi connectivity index (χ0n) is 15.0. The Bertz CT molecular complexity index is 530. The number of hydrogen-bond acceptors (Lipinski definition) is 3. The third kappa shape index (κ3) is 8.41. The highest BCUT2D eigenvalue weighted by molar-refractivity contribution is 5.78. The van der Waals surface area contributed by atoms with Crippen LogP contribution in [0.5, 0.6) is 5.75 Å². The van der Waals surface area contributed by atoms with Crippen molar-refractivity contribution < 1.29 is 9.53 Å². The van der Waals surface area contributed by atoms with E-state index in [2.05, 4.69) is 17.2 Å². The fourth-order valence-electron chi connectivity index (χ4n) is 2.01. The molecule has 3 N–H and O–H groups in total. The van der Waals surface area contributed by atoms with E-state index >= 15 is 0 Å². The summed E-state index contributed by atoms with van der Waals surface area (Å²) in [5.41, 5.74) is 6.85. The Morgan fingerprint density at radius 3 is 2.79 bits per heavy atom. The number of unbranched alkanes of at least 4 members (excludes halogenated alkanes) is 3. The molecule has 0 unspecified atom stereocenters. The average Bonchev–Trinajstić information content (AvgIpc) is 2.58. The third-order valence-electron chi connectivity index (χ3n) is 3.53. The van der Waals surface area contributed by atoms with Crippen molar-refractivity contribution in [3.05, 3.63) is 29.8 Å². The van der Waals surface area contributed by atoms with Crippen LogP contribution in [0.4, 0.5) is 0 Å². The van der Waals surface area contributed by atoms with Crippen LogP contribution < -0.4 is 15.8 Å². The average molecular weight is 334 g/mol. The second-order valence-electron chi connectivity index (χ2n) is 5.91. The predicted molar refractivity (Wildman–Crippen MR) is 98.1 cm³/mol. The molecule has 1 rings (SSSR count). The Morgan fingerprint density at radius 2 is 2.08 bits per heavy atom. The third-order valence-corrected chi connectivity index (χ3v) is 3.53. The molecule has 0 saturated carbocycles. The molecule has 24 heavy (non-hydrogen) atoms. The number of hydrogen-bond donors (Lipinski definition) is 2. The number of nitrogens with two attached hydrogens (primary N) is 1. The van der Waals surface area contributed by atoms with Crippen molar-refractivity contribution >= 4 is 11.9 Å². The number of carbonyl (C=O) groups excluding carboxylic acids is 1. The Labute approximate surface area is 145 Å². The zero-order chi connectivity index (χ0) is 17.8. The lowest BCUT2D eigenvalue weighted by atomic mass is 10.2. The number of amides is 1. The lowest BCUT2D eigenvalue weighted by Gasteiger charge is -2.11. The normalized spacial score (nSPS) is 11.2. The fourth-order valence-corrected chi connectivity index (χ4v) is 2.01. The van der Waals surface area contributed by atoms with Gasteiger partial charge in [-0.05, 0) is 24.1 Å². The van der Waals surface area contributed by atoms with E-state index in [1.54, 1.807) is 14.1 Å². The molecule has 0 aliphatic carbocycles. The molecule has 0 aromatic heterocycles. The molecule has 0 aliphatic rings. The lowest BCUT2D eigenvalue weighted by molar-refractivity contribution is -0.130. The molecule has 0 bridgehead atoms. The minimum absolute atomic E-state index is 0.0289. The van der Waals surface area contributed by atoms with Gasteiger partial charge in [0.25, 0.3) is 5.91 Å². The molecule has 0 saturated heterocycles. The Hall–Kier alpha value is -2.24. The van der Waals surface area contributed by atoms with Crippen molar-refractivity contribution in [1.82, 2.24) is 10.2 Å². The van der Waals surface area contributed by atoms with Crippen LogP contribution in [0.15, 0.2) is 29.3 Å². The number of guanidine groups is 1. The van der Waals surface area contributed by atoms with Crippen LogP contribution in [0.25, 0.3) is 0 Å². The maximum absolute atomic E-state index is 11.5. The van der Waals surface area contributed by atoms with E-state index in [9.17, 15) is 4.79 Å². The number of likely N-dealkylation sites (N-methyl/N-ethyl adjacent to an activating group) is 1. The van der Waals surface area contributed by atoms with Crippen molar-refractivity contribution in [2.45, 2.75) is 39.2 Å². The van der Waals surface area contributed by atoms with E-state index in [4.69, 9.17) is 10.5 Å². The van der Waals surface area contributed by atoms with Gasteiger partial charge in [0.05, 0.1) is 6.54 Å². The molecule has 1 aromatic carbocycles. The maximum Gasteiger partial charge on any atom is 0.259 e.